The molecule has 3 aromatic rings. The number of ether oxygens (including phenoxy) is 2. The molecule has 6 nitrogen and oxygen atoms in total. The number of carbonyl (C=O) groups is 1. The van der Waals surface area contributed by atoms with Crippen molar-refractivity contribution >= 4 is 5.97 Å². The molecule has 0 fully saturated rings. The molecule has 5 rings (SSSR count). The van der Waals surface area contributed by atoms with Crippen LogP contribution in [0.3, 0.4) is 0 Å². The molecule has 3 heterocycles. The fourth-order valence-corrected chi connectivity index (χ4v) is 5.11. The van der Waals surface area contributed by atoms with Gasteiger partial charge in [0, 0.05) is 36.8 Å². The number of pyridine rings is 1. The molecule has 1 atom stereocenters. The molecule has 0 radical (unpaired) electrons. The second kappa shape index (κ2) is 9.48. The van der Waals surface area contributed by atoms with Crippen molar-refractivity contribution in [3.63, 3.8) is 0 Å². The molecule has 1 aliphatic carbocycles. The Morgan fingerprint density at radius 1 is 1.09 bits per heavy atom. The molecular weight excluding hydrogens is 438 g/mol. The molecule has 0 saturated heterocycles. The third kappa shape index (κ3) is 5.26. The lowest BCUT2D eigenvalue weighted by Gasteiger charge is -2.27. The first kappa shape index (κ1) is 23.6. The van der Waals surface area contributed by atoms with E-state index in [0.29, 0.717) is 25.2 Å². The van der Waals surface area contributed by atoms with Crippen LogP contribution in [0.5, 0.6) is 11.6 Å². The van der Waals surface area contributed by atoms with Crippen LogP contribution in [0.15, 0.2) is 36.4 Å². The van der Waals surface area contributed by atoms with E-state index in [1.165, 1.54) is 29.7 Å². The van der Waals surface area contributed by atoms with Crippen LogP contribution >= 0.6 is 0 Å². The number of aromatic nitrogens is 3. The zero-order valence-electron chi connectivity index (χ0n) is 21.3. The molecule has 184 valence electrons. The molecule has 1 unspecified atom stereocenters. The minimum Gasteiger partial charge on any atom is -0.477 e. The van der Waals surface area contributed by atoms with Gasteiger partial charge in [0.1, 0.15) is 5.75 Å². The summed E-state index contributed by atoms with van der Waals surface area (Å²) < 4.78 is 13.4. The number of esters is 1. The van der Waals surface area contributed by atoms with Gasteiger partial charge in [0.2, 0.25) is 5.88 Å². The van der Waals surface area contributed by atoms with E-state index < -0.39 is 0 Å². The predicted octanol–water partition coefficient (Wildman–Crippen LogP) is 5.25. The van der Waals surface area contributed by atoms with Crippen molar-refractivity contribution in [1.29, 1.82) is 0 Å². The monoisotopic (exact) mass is 473 g/mol. The topological polar surface area (TPSA) is 66.2 Å². The van der Waals surface area contributed by atoms with E-state index in [0.717, 1.165) is 42.1 Å². The molecule has 0 N–H and O–H groups in total. The first-order valence-electron chi connectivity index (χ1n) is 12.7. The minimum absolute atomic E-state index is 0.0277. The molecule has 2 aromatic heterocycles. The molecule has 0 saturated carbocycles. The van der Waals surface area contributed by atoms with Crippen molar-refractivity contribution in [2.24, 2.45) is 7.05 Å². The number of rotatable bonds is 6. The van der Waals surface area contributed by atoms with Gasteiger partial charge in [0.25, 0.3) is 0 Å². The number of nitrogens with zero attached hydrogens (tertiary/aromatic N) is 3. The van der Waals surface area contributed by atoms with Crippen molar-refractivity contribution < 1.29 is 14.3 Å². The third-order valence-corrected chi connectivity index (χ3v) is 7.14. The summed E-state index contributed by atoms with van der Waals surface area (Å²) in [4.78, 5) is 17.1. The first-order valence-corrected chi connectivity index (χ1v) is 12.7. The molecule has 2 aliphatic rings. The standard InChI is InChI=1S/C29H35N3O3/c1-29(2,3)21-10-12-26-24(17-21)20(16-28(33)35-26)15-23-18-27(32(4)31-23)34-14-13-22-11-9-19-7-5-6-8-25(19)30-22/h9-12,17-18,20H,5-8,13-16H2,1-4H3. The maximum Gasteiger partial charge on any atom is 0.311 e. The van der Waals surface area contributed by atoms with Crippen LogP contribution in [-0.4, -0.2) is 27.3 Å². The van der Waals surface area contributed by atoms with Gasteiger partial charge in [0.05, 0.1) is 18.7 Å². The van der Waals surface area contributed by atoms with Crippen LogP contribution in [-0.2, 0) is 42.9 Å². The highest BCUT2D eigenvalue weighted by molar-refractivity contribution is 5.76. The number of carbonyl (C=O) groups excluding carboxylic acids is 1. The van der Waals surface area contributed by atoms with Gasteiger partial charge in [-0.2, -0.15) is 5.10 Å². The highest BCUT2D eigenvalue weighted by Gasteiger charge is 2.30. The van der Waals surface area contributed by atoms with Crippen molar-refractivity contribution in [3.8, 4) is 11.6 Å². The van der Waals surface area contributed by atoms with Gasteiger partial charge in [-0.25, -0.2) is 4.68 Å². The van der Waals surface area contributed by atoms with Gasteiger partial charge < -0.3 is 9.47 Å². The number of hydrogen-bond acceptors (Lipinski definition) is 5. The van der Waals surface area contributed by atoms with Crippen LogP contribution < -0.4 is 9.47 Å². The Morgan fingerprint density at radius 3 is 2.74 bits per heavy atom. The molecule has 1 aliphatic heterocycles. The summed E-state index contributed by atoms with van der Waals surface area (Å²) in [6, 6.07) is 12.5. The molecular formula is C29H35N3O3. The highest BCUT2D eigenvalue weighted by Crippen LogP contribution is 2.39. The lowest BCUT2D eigenvalue weighted by atomic mass is 9.82. The smallest absolute Gasteiger partial charge is 0.311 e. The Morgan fingerprint density at radius 2 is 1.91 bits per heavy atom. The van der Waals surface area contributed by atoms with Crippen molar-refractivity contribution in [2.45, 2.75) is 77.0 Å². The summed E-state index contributed by atoms with van der Waals surface area (Å²) in [6.07, 6.45) is 6.54. The van der Waals surface area contributed by atoms with Gasteiger partial charge in [-0.15, -0.1) is 0 Å². The van der Waals surface area contributed by atoms with Crippen LogP contribution in [0.2, 0.25) is 0 Å². The van der Waals surface area contributed by atoms with Crippen LogP contribution in [0, 0.1) is 0 Å². The molecule has 6 heteroatoms. The molecule has 1 aromatic carbocycles. The second-order valence-corrected chi connectivity index (χ2v) is 10.9. The minimum atomic E-state index is -0.184. The zero-order valence-corrected chi connectivity index (χ0v) is 21.3. The zero-order chi connectivity index (χ0) is 24.6. The third-order valence-electron chi connectivity index (χ3n) is 7.14. The molecule has 0 bridgehead atoms. The molecule has 0 amide bonds. The Hall–Kier alpha value is -3.15. The molecule has 35 heavy (non-hydrogen) atoms. The second-order valence-electron chi connectivity index (χ2n) is 10.9. The number of aryl methyl sites for hydroxylation is 3. The normalized spacial score (nSPS) is 17.5. The van der Waals surface area contributed by atoms with Gasteiger partial charge in [-0.1, -0.05) is 39.0 Å². The van der Waals surface area contributed by atoms with Gasteiger partial charge in [-0.3, -0.25) is 9.78 Å². The number of fused-ring (bicyclic) bond motifs is 2. The van der Waals surface area contributed by atoms with Crippen LogP contribution in [0.25, 0.3) is 0 Å². The Kier molecular flexibility index (Phi) is 6.39. The Balaban J connectivity index is 1.26. The van der Waals surface area contributed by atoms with E-state index >= 15 is 0 Å². The Labute approximate surface area is 207 Å². The van der Waals surface area contributed by atoms with E-state index in [1.807, 2.05) is 19.2 Å². The summed E-state index contributed by atoms with van der Waals surface area (Å²) in [6.45, 7) is 7.14. The van der Waals surface area contributed by atoms with E-state index in [4.69, 9.17) is 14.5 Å². The molecule has 0 spiro atoms. The van der Waals surface area contributed by atoms with Crippen LogP contribution in [0.4, 0.5) is 0 Å². The SMILES string of the molecule is Cn1nc(CC2CC(=O)Oc3ccc(C(C)(C)C)cc32)cc1OCCc1ccc2c(n1)CCCC2. The fraction of sp³-hybridized carbons (Fsp3) is 0.483. The van der Waals surface area contributed by atoms with Gasteiger partial charge >= 0.3 is 5.97 Å². The quantitative estimate of drug-likeness (QED) is 0.361. The average molecular weight is 474 g/mol. The van der Waals surface area contributed by atoms with E-state index in [2.05, 4.69) is 50.1 Å². The predicted molar refractivity (Wildman–Crippen MR) is 135 cm³/mol. The largest absolute Gasteiger partial charge is 0.477 e. The lowest BCUT2D eigenvalue weighted by molar-refractivity contribution is -0.135. The Bertz CT molecular complexity index is 1240. The van der Waals surface area contributed by atoms with Crippen molar-refractivity contribution in [3.05, 3.63) is 70.2 Å². The van der Waals surface area contributed by atoms with E-state index in [-0.39, 0.29) is 17.3 Å². The summed E-state index contributed by atoms with van der Waals surface area (Å²) in [7, 11) is 1.90. The summed E-state index contributed by atoms with van der Waals surface area (Å²) in [5.74, 6) is 1.26. The van der Waals surface area contributed by atoms with E-state index in [9.17, 15) is 4.79 Å². The van der Waals surface area contributed by atoms with Crippen molar-refractivity contribution in [1.82, 2.24) is 14.8 Å². The maximum absolute atomic E-state index is 12.3. The fourth-order valence-electron chi connectivity index (χ4n) is 5.11. The van der Waals surface area contributed by atoms with Gasteiger partial charge in [0.15, 0.2) is 0 Å². The number of hydrogen-bond donors (Lipinski definition) is 0. The number of benzene rings is 1. The first-order chi connectivity index (χ1) is 16.8. The highest BCUT2D eigenvalue weighted by atomic mass is 16.5. The summed E-state index contributed by atoms with van der Waals surface area (Å²) in [5, 5.41) is 4.68. The van der Waals surface area contributed by atoms with E-state index in [1.54, 1.807) is 4.68 Å². The summed E-state index contributed by atoms with van der Waals surface area (Å²) in [5.41, 5.74) is 7.02. The average Bonchev–Trinajstić information content (AvgIpc) is 3.16. The van der Waals surface area contributed by atoms with Crippen molar-refractivity contribution in [2.75, 3.05) is 6.61 Å². The lowest BCUT2D eigenvalue weighted by Crippen LogP contribution is -2.23. The van der Waals surface area contributed by atoms with Gasteiger partial charge in [-0.05, 0) is 66.3 Å². The maximum atomic E-state index is 12.3. The summed E-state index contributed by atoms with van der Waals surface area (Å²) >= 11 is 0. The van der Waals surface area contributed by atoms with Crippen LogP contribution in [0.1, 0.15) is 79.7 Å².